The van der Waals surface area contributed by atoms with Crippen LogP contribution < -0.4 is 5.32 Å². The van der Waals surface area contributed by atoms with Crippen LogP contribution in [0.5, 0.6) is 0 Å². The van der Waals surface area contributed by atoms with Crippen molar-refractivity contribution in [3.63, 3.8) is 0 Å². The number of carbonyl (C=O) groups excluding carboxylic acids is 1. The molecule has 1 amide bonds. The van der Waals surface area contributed by atoms with E-state index in [9.17, 15) is 13.2 Å². The Labute approximate surface area is 121 Å². The van der Waals surface area contributed by atoms with Gasteiger partial charge >= 0.3 is 10.4 Å². The minimum atomic E-state index is -4.41. The number of nitrogens with one attached hydrogen (secondary N) is 1. The number of carbonyl (C=O) groups is 1. The van der Waals surface area contributed by atoms with Gasteiger partial charge in [-0.15, -0.1) is 0 Å². The Morgan fingerprint density at radius 1 is 1.42 bits per heavy atom. The van der Waals surface area contributed by atoms with E-state index in [2.05, 4.69) is 9.50 Å². The molecule has 2 N–H and O–H groups in total. The zero-order chi connectivity index (χ0) is 14.1. The van der Waals surface area contributed by atoms with Crippen molar-refractivity contribution in [1.82, 2.24) is 5.32 Å². The van der Waals surface area contributed by atoms with Gasteiger partial charge in [0.15, 0.2) is 0 Å². The molecule has 1 aliphatic rings. The van der Waals surface area contributed by atoms with Crippen LogP contribution >= 0.6 is 21.6 Å². The quantitative estimate of drug-likeness (QED) is 0.377. The molecule has 1 aliphatic heterocycles. The standard InChI is InChI=1S/C10H19NO5S3/c12-10(11-6-7-16-19(13,14)15)4-2-1-3-9-5-8-17-18-9/h9H,1-8H2,(H,11,12)(H,13,14,15)/t9-/m1/s1. The van der Waals surface area contributed by atoms with Gasteiger partial charge in [0.05, 0.1) is 6.61 Å². The van der Waals surface area contributed by atoms with E-state index in [1.54, 1.807) is 0 Å². The van der Waals surface area contributed by atoms with E-state index in [4.69, 9.17) is 4.55 Å². The van der Waals surface area contributed by atoms with Crippen LogP contribution in [0.4, 0.5) is 0 Å². The summed E-state index contributed by atoms with van der Waals surface area (Å²) in [6.45, 7) is -0.172. The van der Waals surface area contributed by atoms with E-state index < -0.39 is 10.4 Å². The maximum absolute atomic E-state index is 11.4. The van der Waals surface area contributed by atoms with Crippen LogP contribution in [-0.2, 0) is 19.4 Å². The van der Waals surface area contributed by atoms with Gasteiger partial charge in [0, 0.05) is 24.0 Å². The lowest BCUT2D eigenvalue weighted by Crippen LogP contribution is -2.27. The molecular formula is C10H19NO5S3. The predicted octanol–water partition coefficient (Wildman–Crippen LogP) is 1.64. The van der Waals surface area contributed by atoms with Crippen LogP contribution in [0.3, 0.4) is 0 Å². The largest absolute Gasteiger partial charge is 0.397 e. The summed E-state index contributed by atoms with van der Waals surface area (Å²) in [5.41, 5.74) is 0. The predicted molar refractivity (Wildman–Crippen MR) is 77.4 cm³/mol. The fourth-order valence-electron chi connectivity index (χ4n) is 1.65. The van der Waals surface area contributed by atoms with Crippen molar-refractivity contribution in [2.24, 2.45) is 0 Å². The first-order valence-electron chi connectivity index (χ1n) is 6.14. The van der Waals surface area contributed by atoms with Crippen molar-refractivity contribution < 1.29 is 21.9 Å². The SMILES string of the molecule is O=C(CCCC[C@@H]1CCSS1)NCCOS(=O)(=O)O. The van der Waals surface area contributed by atoms with Crippen LogP contribution in [0.25, 0.3) is 0 Å². The number of rotatable bonds is 9. The summed E-state index contributed by atoms with van der Waals surface area (Å²) in [7, 11) is -0.553. The lowest BCUT2D eigenvalue weighted by atomic mass is 10.1. The number of hydrogen-bond acceptors (Lipinski definition) is 6. The molecule has 1 rings (SSSR count). The van der Waals surface area contributed by atoms with Gasteiger partial charge in [-0.05, 0) is 19.3 Å². The highest BCUT2D eigenvalue weighted by atomic mass is 33.1. The average Bonchev–Trinajstić information content (AvgIpc) is 2.82. The van der Waals surface area contributed by atoms with Gasteiger partial charge in [0.1, 0.15) is 0 Å². The van der Waals surface area contributed by atoms with E-state index in [1.807, 2.05) is 21.6 Å². The highest BCUT2D eigenvalue weighted by Crippen LogP contribution is 2.39. The van der Waals surface area contributed by atoms with Crippen molar-refractivity contribution in [3.05, 3.63) is 0 Å². The Morgan fingerprint density at radius 3 is 2.84 bits per heavy atom. The summed E-state index contributed by atoms with van der Waals surface area (Å²) in [6.07, 6.45) is 4.72. The molecule has 0 bridgehead atoms. The molecule has 0 spiro atoms. The Balaban J connectivity index is 1.92. The first-order chi connectivity index (χ1) is 8.97. The molecule has 1 heterocycles. The summed E-state index contributed by atoms with van der Waals surface area (Å²) < 4.78 is 32.8. The summed E-state index contributed by atoms with van der Waals surface area (Å²) in [6, 6.07) is 0. The highest BCUT2D eigenvalue weighted by molar-refractivity contribution is 8.77. The number of hydrogen-bond donors (Lipinski definition) is 2. The summed E-state index contributed by atoms with van der Waals surface area (Å²) in [5, 5.41) is 3.27. The van der Waals surface area contributed by atoms with Crippen molar-refractivity contribution in [3.8, 4) is 0 Å². The van der Waals surface area contributed by atoms with Gasteiger partial charge in [0.25, 0.3) is 0 Å². The first kappa shape index (κ1) is 17.1. The second-order valence-electron chi connectivity index (χ2n) is 4.17. The monoisotopic (exact) mass is 329 g/mol. The topological polar surface area (TPSA) is 92.7 Å². The van der Waals surface area contributed by atoms with E-state index in [0.29, 0.717) is 6.42 Å². The third-order valence-electron chi connectivity index (χ3n) is 2.56. The zero-order valence-corrected chi connectivity index (χ0v) is 13.0. The molecule has 0 aromatic heterocycles. The lowest BCUT2D eigenvalue weighted by molar-refractivity contribution is -0.121. The smallest absolute Gasteiger partial charge is 0.354 e. The highest BCUT2D eigenvalue weighted by Gasteiger charge is 2.15. The molecule has 6 nitrogen and oxygen atoms in total. The minimum Gasteiger partial charge on any atom is -0.354 e. The lowest BCUT2D eigenvalue weighted by Gasteiger charge is -2.07. The van der Waals surface area contributed by atoms with E-state index in [0.717, 1.165) is 24.5 Å². The Bertz CT molecular complexity index is 367. The van der Waals surface area contributed by atoms with Crippen LogP contribution in [-0.4, -0.2) is 43.0 Å². The molecule has 19 heavy (non-hydrogen) atoms. The summed E-state index contributed by atoms with van der Waals surface area (Å²) in [4.78, 5) is 11.4. The Kier molecular flexibility index (Phi) is 8.15. The number of unbranched alkanes of at least 4 members (excludes halogenated alkanes) is 1. The van der Waals surface area contributed by atoms with Gasteiger partial charge in [-0.3, -0.25) is 9.35 Å². The molecule has 0 aromatic rings. The van der Waals surface area contributed by atoms with Crippen molar-refractivity contribution in [1.29, 1.82) is 0 Å². The third kappa shape index (κ3) is 9.55. The van der Waals surface area contributed by atoms with E-state index in [-0.39, 0.29) is 19.1 Å². The van der Waals surface area contributed by atoms with E-state index in [1.165, 1.54) is 12.2 Å². The zero-order valence-electron chi connectivity index (χ0n) is 10.5. The van der Waals surface area contributed by atoms with Gasteiger partial charge in [-0.2, -0.15) is 8.42 Å². The van der Waals surface area contributed by atoms with Gasteiger partial charge < -0.3 is 5.32 Å². The second kappa shape index (κ2) is 9.06. The van der Waals surface area contributed by atoms with E-state index >= 15 is 0 Å². The summed E-state index contributed by atoms with van der Waals surface area (Å²) >= 11 is 0. The second-order valence-corrected chi connectivity index (χ2v) is 8.05. The maximum Gasteiger partial charge on any atom is 0.397 e. The first-order valence-corrected chi connectivity index (χ1v) is 9.89. The van der Waals surface area contributed by atoms with Crippen molar-refractivity contribution in [2.45, 2.75) is 37.4 Å². The Morgan fingerprint density at radius 2 is 2.21 bits per heavy atom. The third-order valence-corrected chi connectivity index (χ3v) is 6.04. The fraction of sp³-hybridized carbons (Fsp3) is 0.900. The van der Waals surface area contributed by atoms with Gasteiger partial charge in [0.2, 0.25) is 5.91 Å². The van der Waals surface area contributed by atoms with Crippen molar-refractivity contribution in [2.75, 3.05) is 18.9 Å². The molecule has 1 fully saturated rings. The molecule has 0 radical (unpaired) electrons. The van der Waals surface area contributed by atoms with Gasteiger partial charge in [-0.1, -0.05) is 28.0 Å². The molecule has 0 unspecified atom stereocenters. The molecule has 0 aliphatic carbocycles. The van der Waals surface area contributed by atoms with Crippen LogP contribution in [0, 0.1) is 0 Å². The van der Waals surface area contributed by atoms with Crippen molar-refractivity contribution >= 4 is 37.9 Å². The minimum absolute atomic E-state index is 0.0771. The number of amides is 1. The maximum atomic E-state index is 11.4. The molecule has 0 aromatic carbocycles. The van der Waals surface area contributed by atoms with Crippen LogP contribution in [0.15, 0.2) is 0 Å². The van der Waals surface area contributed by atoms with Gasteiger partial charge in [-0.25, -0.2) is 4.18 Å². The van der Waals surface area contributed by atoms with Crippen LogP contribution in [0.1, 0.15) is 32.1 Å². The fourth-order valence-corrected chi connectivity index (χ4v) is 4.97. The molecule has 1 saturated heterocycles. The molecule has 1 atom stereocenters. The summed E-state index contributed by atoms with van der Waals surface area (Å²) in [5.74, 6) is 1.11. The Hall–Kier alpha value is 0.0400. The molecular weight excluding hydrogens is 310 g/mol. The normalized spacial score (nSPS) is 19.5. The average molecular weight is 329 g/mol. The molecule has 0 saturated carbocycles. The molecule has 112 valence electrons. The van der Waals surface area contributed by atoms with Crippen LogP contribution in [0.2, 0.25) is 0 Å². The molecule has 9 heteroatoms.